The van der Waals surface area contributed by atoms with E-state index in [2.05, 4.69) is 9.97 Å². The maximum Gasteiger partial charge on any atom is 0.269 e. The lowest BCUT2D eigenvalue weighted by Gasteiger charge is -2.03. The van der Waals surface area contributed by atoms with Crippen LogP contribution in [0.4, 0.5) is 26.3 Å². The Morgan fingerprint density at radius 1 is 0.500 bits per heavy atom. The highest BCUT2D eigenvalue weighted by molar-refractivity contribution is 5.75. The van der Waals surface area contributed by atoms with Crippen molar-refractivity contribution in [2.24, 2.45) is 0 Å². The summed E-state index contributed by atoms with van der Waals surface area (Å²) in [6.07, 6.45) is 0. The number of aromatic nitrogens is 2. The molecule has 16 heavy (non-hydrogen) atoms. The van der Waals surface area contributed by atoms with Crippen molar-refractivity contribution in [1.82, 2.24) is 9.97 Å². The fourth-order valence-corrected chi connectivity index (χ4v) is 1.10. The van der Waals surface area contributed by atoms with Crippen LogP contribution >= 0.6 is 0 Å². The molecular weight excluding hydrogens is 238 g/mol. The molecule has 1 heterocycles. The van der Waals surface area contributed by atoms with Crippen molar-refractivity contribution in [3.05, 3.63) is 35.2 Å². The number of hydrogen-bond acceptors (Lipinski definition) is 2. The van der Waals surface area contributed by atoms with Crippen LogP contribution in [0.5, 0.6) is 0 Å². The number of benzene rings is 1. The molecule has 0 aliphatic carbocycles. The van der Waals surface area contributed by atoms with Crippen molar-refractivity contribution < 1.29 is 26.3 Å². The van der Waals surface area contributed by atoms with Gasteiger partial charge < -0.3 is 0 Å². The third-order valence-corrected chi connectivity index (χ3v) is 1.81. The van der Waals surface area contributed by atoms with Gasteiger partial charge in [0.15, 0.2) is 23.3 Å². The van der Waals surface area contributed by atoms with Crippen molar-refractivity contribution in [3.8, 4) is 0 Å². The molecule has 0 unspecified atom stereocenters. The number of halogens is 6. The van der Waals surface area contributed by atoms with Crippen molar-refractivity contribution in [2.45, 2.75) is 0 Å². The molecule has 2 aromatic rings. The molecule has 0 saturated carbocycles. The third-order valence-electron chi connectivity index (χ3n) is 1.81. The quantitative estimate of drug-likeness (QED) is 0.400. The summed E-state index contributed by atoms with van der Waals surface area (Å²) in [7, 11) is 0. The van der Waals surface area contributed by atoms with Gasteiger partial charge in [-0.2, -0.15) is 8.78 Å². The molecule has 0 N–H and O–H groups in total. The van der Waals surface area contributed by atoms with E-state index < -0.39 is 46.2 Å². The highest BCUT2D eigenvalue weighted by Crippen LogP contribution is 2.24. The van der Waals surface area contributed by atoms with Crippen molar-refractivity contribution >= 4 is 11.0 Å². The first-order valence-electron chi connectivity index (χ1n) is 3.78. The molecule has 2 rings (SSSR count). The van der Waals surface area contributed by atoms with Crippen molar-refractivity contribution in [3.63, 3.8) is 0 Å². The van der Waals surface area contributed by atoms with Gasteiger partial charge >= 0.3 is 0 Å². The Morgan fingerprint density at radius 2 is 0.812 bits per heavy atom. The van der Waals surface area contributed by atoms with E-state index in [4.69, 9.17) is 0 Å². The van der Waals surface area contributed by atoms with E-state index in [9.17, 15) is 26.3 Å². The first-order valence-corrected chi connectivity index (χ1v) is 3.78. The molecule has 0 atom stereocenters. The molecule has 1 aromatic heterocycles. The standard InChI is InChI=1S/C8F6N2/c9-1-2(10)4(12)6-5(3(1)11)15-7(13)8(14)16-6. The lowest BCUT2D eigenvalue weighted by atomic mass is 10.2. The molecular formula is C8F6N2. The molecule has 0 aliphatic heterocycles. The maximum absolute atomic E-state index is 13.0. The van der Waals surface area contributed by atoms with E-state index in [1.54, 1.807) is 0 Å². The molecule has 0 bridgehead atoms. The van der Waals surface area contributed by atoms with Crippen LogP contribution in [0, 0.1) is 35.2 Å². The number of rotatable bonds is 0. The van der Waals surface area contributed by atoms with Crippen LogP contribution in [0.3, 0.4) is 0 Å². The molecule has 8 heteroatoms. The van der Waals surface area contributed by atoms with Crippen LogP contribution in [-0.4, -0.2) is 9.97 Å². The summed E-state index contributed by atoms with van der Waals surface area (Å²) in [6, 6.07) is 0. The molecule has 2 nitrogen and oxygen atoms in total. The summed E-state index contributed by atoms with van der Waals surface area (Å²) in [5.74, 6) is -11.9. The van der Waals surface area contributed by atoms with Crippen molar-refractivity contribution in [1.29, 1.82) is 0 Å². The SMILES string of the molecule is Fc1nc2c(F)c(F)c(F)c(F)c2nc1F. The Balaban J connectivity index is 3.02. The van der Waals surface area contributed by atoms with E-state index >= 15 is 0 Å². The fourth-order valence-electron chi connectivity index (χ4n) is 1.10. The molecule has 0 fully saturated rings. The van der Waals surface area contributed by atoms with Gasteiger partial charge in [-0.05, 0) is 0 Å². The zero-order valence-corrected chi connectivity index (χ0v) is 7.16. The topological polar surface area (TPSA) is 25.8 Å². The summed E-state index contributed by atoms with van der Waals surface area (Å²) in [4.78, 5) is 5.22. The Bertz CT molecular complexity index is 545. The lowest BCUT2D eigenvalue weighted by molar-refractivity contribution is 0.409. The van der Waals surface area contributed by atoms with Gasteiger partial charge in [-0.15, -0.1) is 0 Å². The second-order valence-electron chi connectivity index (χ2n) is 2.76. The van der Waals surface area contributed by atoms with Crippen LogP contribution in [0.25, 0.3) is 11.0 Å². The highest BCUT2D eigenvalue weighted by atomic mass is 19.2. The van der Waals surface area contributed by atoms with Gasteiger partial charge in [-0.25, -0.2) is 27.5 Å². The molecule has 0 saturated heterocycles. The molecule has 1 aromatic carbocycles. The van der Waals surface area contributed by atoms with E-state index in [1.165, 1.54) is 0 Å². The summed E-state index contributed by atoms with van der Waals surface area (Å²) < 4.78 is 76.4. The first kappa shape index (κ1) is 10.7. The summed E-state index contributed by atoms with van der Waals surface area (Å²) >= 11 is 0. The van der Waals surface area contributed by atoms with E-state index in [0.29, 0.717) is 0 Å². The minimum Gasteiger partial charge on any atom is -0.211 e. The van der Waals surface area contributed by atoms with Crippen LogP contribution in [0.15, 0.2) is 0 Å². The Hall–Kier alpha value is -1.86. The fraction of sp³-hybridized carbons (Fsp3) is 0. The van der Waals surface area contributed by atoms with Gasteiger partial charge in [0.1, 0.15) is 11.0 Å². The Labute approximate surface area is 83.5 Å². The minimum atomic E-state index is -2.16. The van der Waals surface area contributed by atoms with E-state index in [0.717, 1.165) is 0 Å². The molecule has 0 amide bonds. The predicted molar refractivity (Wildman–Crippen MR) is 39.3 cm³/mol. The first-order chi connectivity index (χ1) is 7.43. The highest BCUT2D eigenvalue weighted by Gasteiger charge is 2.24. The van der Waals surface area contributed by atoms with E-state index in [-0.39, 0.29) is 0 Å². The smallest absolute Gasteiger partial charge is 0.211 e. The number of fused-ring (bicyclic) bond motifs is 1. The summed E-state index contributed by atoms with van der Waals surface area (Å²) in [5, 5.41) is 0. The second kappa shape index (κ2) is 3.32. The molecule has 0 spiro atoms. The van der Waals surface area contributed by atoms with Gasteiger partial charge in [0.05, 0.1) is 0 Å². The summed E-state index contributed by atoms with van der Waals surface area (Å²) in [5.41, 5.74) is -2.43. The number of nitrogens with zero attached hydrogens (tertiary/aromatic N) is 2. The summed E-state index contributed by atoms with van der Waals surface area (Å²) in [6.45, 7) is 0. The van der Waals surface area contributed by atoms with E-state index in [1.807, 2.05) is 0 Å². The van der Waals surface area contributed by atoms with Crippen LogP contribution in [0.2, 0.25) is 0 Å². The Kier molecular flexibility index (Phi) is 2.21. The van der Waals surface area contributed by atoms with Gasteiger partial charge in [0.25, 0.3) is 11.9 Å². The minimum absolute atomic E-state index is 1.21. The van der Waals surface area contributed by atoms with Gasteiger partial charge in [-0.1, -0.05) is 0 Å². The second-order valence-corrected chi connectivity index (χ2v) is 2.76. The monoisotopic (exact) mass is 238 g/mol. The predicted octanol–water partition coefficient (Wildman–Crippen LogP) is 2.46. The largest absolute Gasteiger partial charge is 0.269 e. The third kappa shape index (κ3) is 1.29. The normalized spacial score (nSPS) is 11.1. The van der Waals surface area contributed by atoms with Gasteiger partial charge in [0.2, 0.25) is 0 Å². The molecule has 0 radical (unpaired) electrons. The lowest BCUT2D eigenvalue weighted by Crippen LogP contribution is -2.05. The number of hydrogen-bond donors (Lipinski definition) is 0. The van der Waals surface area contributed by atoms with Crippen LogP contribution < -0.4 is 0 Å². The zero-order valence-electron chi connectivity index (χ0n) is 7.16. The maximum atomic E-state index is 13.0. The van der Waals surface area contributed by atoms with Crippen LogP contribution in [-0.2, 0) is 0 Å². The van der Waals surface area contributed by atoms with Gasteiger partial charge in [0, 0.05) is 0 Å². The average Bonchev–Trinajstić information content (AvgIpc) is 2.26. The Morgan fingerprint density at radius 3 is 1.12 bits per heavy atom. The molecule has 84 valence electrons. The van der Waals surface area contributed by atoms with Crippen molar-refractivity contribution in [2.75, 3.05) is 0 Å². The van der Waals surface area contributed by atoms with Crippen LogP contribution in [0.1, 0.15) is 0 Å². The van der Waals surface area contributed by atoms with Gasteiger partial charge in [-0.3, -0.25) is 0 Å². The average molecular weight is 238 g/mol. The zero-order chi connectivity index (χ0) is 12.0. The molecule has 0 aliphatic rings.